The summed E-state index contributed by atoms with van der Waals surface area (Å²) in [6, 6.07) is 7.01. The normalized spacial score (nSPS) is 10.7. The highest BCUT2D eigenvalue weighted by Crippen LogP contribution is 2.13. The van der Waals surface area contributed by atoms with Crippen LogP contribution >= 0.6 is 0 Å². The topological polar surface area (TPSA) is 85.3 Å². The van der Waals surface area contributed by atoms with Crippen LogP contribution < -0.4 is 11.2 Å². The largest absolute Gasteiger partial charge is 0.350 e. The maximum absolute atomic E-state index is 10.5. The molecule has 0 radical (unpaired) electrons. The number of hydrazone groups is 1. The molecule has 1 aromatic heterocycles. The minimum absolute atomic E-state index is 0.695. The lowest BCUT2D eigenvalue weighted by Crippen LogP contribution is -2.24. The van der Waals surface area contributed by atoms with Gasteiger partial charge in [0.1, 0.15) is 0 Å². The van der Waals surface area contributed by atoms with Crippen molar-refractivity contribution in [3.05, 3.63) is 47.8 Å². The van der Waals surface area contributed by atoms with Crippen molar-refractivity contribution in [3.63, 3.8) is 0 Å². The molecule has 18 heavy (non-hydrogen) atoms. The number of nitrogens with zero attached hydrogens (tertiary/aromatic N) is 3. The Bertz CT molecular complexity index is 574. The van der Waals surface area contributed by atoms with Crippen molar-refractivity contribution in [2.45, 2.75) is 6.92 Å². The highest BCUT2D eigenvalue weighted by atomic mass is 16.2. The quantitative estimate of drug-likeness (QED) is 0.626. The van der Waals surface area contributed by atoms with Gasteiger partial charge in [0.2, 0.25) is 0 Å². The standard InChI is InChI=1S/C12H13N5O/c1-9-3-4-11(17-6-2-5-15-17)10(7-9)8-14-16-12(13)18/h2-8H,1H3,(H3,13,16,18). The summed E-state index contributed by atoms with van der Waals surface area (Å²) in [5.74, 6) is 0. The number of hydrogen-bond donors (Lipinski definition) is 2. The summed E-state index contributed by atoms with van der Waals surface area (Å²) in [5, 5.41) is 7.93. The lowest BCUT2D eigenvalue weighted by Gasteiger charge is -2.06. The van der Waals surface area contributed by atoms with Gasteiger partial charge in [0, 0.05) is 18.0 Å². The average Bonchev–Trinajstić information content (AvgIpc) is 2.82. The summed E-state index contributed by atoms with van der Waals surface area (Å²) in [5.41, 5.74) is 9.91. The van der Waals surface area contributed by atoms with Crippen LogP contribution in [0.15, 0.2) is 41.8 Å². The van der Waals surface area contributed by atoms with Gasteiger partial charge in [-0.3, -0.25) is 0 Å². The van der Waals surface area contributed by atoms with Crippen LogP contribution in [-0.2, 0) is 0 Å². The Morgan fingerprint density at radius 3 is 3.06 bits per heavy atom. The van der Waals surface area contributed by atoms with E-state index in [1.807, 2.05) is 37.4 Å². The van der Waals surface area contributed by atoms with Crippen LogP contribution in [0.2, 0.25) is 0 Å². The van der Waals surface area contributed by atoms with E-state index < -0.39 is 6.03 Å². The third kappa shape index (κ3) is 2.73. The molecule has 0 saturated heterocycles. The van der Waals surface area contributed by atoms with E-state index in [-0.39, 0.29) is 0 Å². The lowest BCUT2D eigenvalue weighted by molar-refractivity contribution is 0.249. The van der Waals surface area contributed by atoms with Gasteiger partial charge >= 0.3 is 6.03 Å². The molecule has 6 nitrogen and oxygen atoms in total. The number of hydrogen-bond acceptors (Lipinski definition) is 3. The van der Waals surface area contributed by atoms with E-state index >= 15 is 0 Å². The Labute approximate surface area is 104 Å². The zero-order chi connectivity index (χ0) is 13.0. The number of benzene rings is 1. The van der Waals surface area contributed by atoms with E-state index in [1.54, 1.807) is 10.9 Å². The molecule has 0 saturated carbocycles. The van der Waals surface area contributed by atoms with E-state index in [9.17, 15) is 4.79 Å². The summed E-state index contributed by atoms with van der Waals surface area (Å²) >= 11 is 0. The predicted molar refractivity (Wildman–Crippen MR) is 68.6 cm³/mol. The van der Waals surface area contributed by atoms with Crippen LogP contribution in [0.5, 0.6) is 0 Å². The number of urea groups is 1. The number of primary amides is 1. The molecule has 0 bridgehead atoms. The molecule has 0 aliphatic rings. The third-order valence-electron chi connectivity index (χ3n) is 2.31. The van der Waals surface area contributed by atoms with Crippen molar-refractivity contribution in [1.82, 2.24) is 15.2 Å². The number of carbonyl (C=O) groups excluding carboxylic acids is 1. The molecule has 2 rings (SSSR count). The third-order valence-corrected chi connectivity index (χ3v) is 2.31. The van der Waals surface area contributed by atoms with Crippen LogP contribution in [0.3, 0.4) is 0 Å². The van der Waals surface area contributed by atoms with Crippen LogP contribution in [0.1, 0.15) is 11.1 Å². The van der Waals surface area contributed by atoms with Crippen LogP contribution in [0.25, 0.3) is 5.69 Å². The van der Waals surface area contributed by atoms with Crippen LogP contribution in [-0.4, -0.2) is 22.0 Å². The summed E-state index contributed by atoms with van der Waals surface area (Å²) in [6.07, 6.45) is 5.07. The summed E-state index contributed by atoms with van der Waals surface area (Å²) in [4.78, 5) is 10.5. The summed E-state index contributed by atoms with van der Waals surface area (Å²) < 4.78 is 1.73. The SMILES string of the molecule is Cc1ccc(-n2cccn2)c(C=NNC(N)=O)c1. The zero-order valence-corrected chi connectivity index (χ0v) is 9.87. The average molecular weight is 243 g/mol. The molecule has 0 aliphatic heterocycles. The molecular formula is C12H13N5O. The first kappa shape index (κ1) is 11.8. The van der Waals surface area contributed by atoms with E-state index in [1.165, 1.54) is 6.21 Å². The molecule has 2 amide bonds. The number of carbonyl (C=O) groups is 1. The Morgan fingerprint density at radius 2 is 2.39 bits per heavy atom. The lowest BCUT2D eigenvalue weighted by atomic mass is 10.1. The van der Waals surface area contributed by atoms with E-state index in [2.05, 4.69) is 15.6 Å². The molecule has 0 aliphatic carbocycles. The van der Waals surface area contributed by atoms with Crippen molar-refractivity contribution < 1.29 is 4.79 Å². The van der Waals surface area contributed by atoms with E-state index in [4.69, 9.17) is 5.73 Å². The second-order valence-electron chi connectivity index (χ2n) is 3.75. The molecule has 0 fully saturated rings. The number of rotatable bonds is 3. The minimum atomic E-state index is -0.695. The van der Waals surface area contributed by atoms with Gasteiger partial charge in [-0.15, -0.1) is 0 Å². The monoisotopic (exact) mass is 243 g/mol. The van der Waals surface area contributed by atoms with Gasteiger partial charge < -0.3 is 5.73 Å². The molecule has 0 spiro atoms. The second kappa shape index (κ2) is 5.13. The number of amides is 2. The summed E-state index contributed by atoms with van der Waals surface area (Å²) in [7, 11) is 0. The van der Waals surface area contributed by atoms with Gasteiger partial charge in [-0.1, -0.05) is 11.6 Å². The van der Waals surface area contributed by atoms with Crippen LogP contribution in [0.4, 0.5) is 4.79 Å². The minimum Gasteiger partial charge on any atom is -0.350 e. The predicted octanol–water partition coefficient (Wildman–Crippen LogP) is 1.18. The van der Waals surface area contributed by atoms with Crippen LogP contribution in [0, 0.1) is 6.92 Å². The molecule has 6 heteroatoms. The van der Waals surface area contributed by atoms with Gasteiger partial charge in [0.15, 0.2) is 0 Å². The first-order valence-electron chi connectivity index (χ1n) is 5.36. The molecule has 2 aromatic rings. The summed E-state index contributed by atoms with van der Waals surface area (Å²) in [6.45, 7) is 1.98. The Kier molecular flexibility index (Phi) is 3.38. The van der Waals surface area contributed by atoms with Crippen molar-refractivity contribution >= 4 is 12.2 Å². The van der Waals surface area contributed by atoms with Gasteiger partial charge in [-0.2, -0.15) is 10.2 Å². The molecule has 0 unspecified atom stereocenters. The van der Waals surface area contributed by atoms with Gasteiger partial charge in [-0.05, 0) is 25.1 Å². The first-order valence-corrected chi connectivity index (χ1v) is 5.36. The number of aromatic nitrogens is 2. The van der Waals surface area contributed by atoms with Crippen molar-refractivity contribution in [2.75, 3.05) is 0 Å². The fourth-order valence-electron chi connectivity index (χ4n) is 1.56. The fourth-order valence-corrected chi connectivity index (χ4v) is 1.56. The Hall–Kier alpha value is -2.63. The highest BCUT2D eigenvalue weighted by molar-refractivity contribution is 5.86. The molecule has 1 heterocycles. The van der Waals surface area contributed by atoms with E-state index in [0.29, 0.717) is 0 Å². The van der Waals surface area contributed by atoms with Gasteiger partial charge in [-0.25, -0.2) is 14.9 Å². The molecule has 1 aromatic carbocycles. The maximum Gasteiger partial charge on any atom is 0.332 e. The smallest absolute Gasteiger partial charge is 0.332 e. The Morgan fingerprint density at radius 1 is 1.56 bits per heavy atom. The molecular weight excluding hydrogens is 230 g/mol. The van der Waals surface area contributed by atoms with Crippen molar-refractivity contribution in [1.29, 1.82) is 0 Å². The van der Waals surface area contributed by atoms with Crippen molar-refractivity contribution in [2.24, 2.45) is 10.8 Å². The van der Waals surface area contributed by atoms with Crippen molar-refractivity contribution in [3.8, 4) is 5.69 Å². The second-order valence-corrected chi connectivity index (χ2v) is 3.75. The first-order chi connectivity index (χ1) is 8.66. The molecule has 92 valence electrons. The number of aryl methyl sites for hydroxylation is 1. The number of nitrogens with two attached hydrogens (primary N) is 1. The molecule has 3 N–H and O–H groups in total. The Balaban J connectivity index is 2.35. The zero-order valence-electron chi connectivity index (χ0n) is 9.87. The van der Waals surface area contributed by atoms with E-state index in [0.717, 1.165) is 16.8 Å². The van der Waals surface area contributed by atoms with Gasteiger partial charge in [0.05, 0.1) is 11.9 Å². The fraction of sp³-hybridized carbons (Fsp3) is 0.0833. The van der Waals surface area contributed by atoms with Gasteiger partial charge in [0.25, 0.3) is 0 Å². The molecule has 0 atom stereocenters. The number of nitrogens with one attached hydrogen (secondary N) is 1. The maximum atomic E-state index is 10.5. The highest BCUT2D eigenvalue weighted by Gasteiger charge is 2.03.